The number of hydrogen-bond acceptors (Lipinski definition) is 4. The van der Waals surface area contributed by atoms with E-state index in [1.807, 2.05) is 30.3 Å². The van der Waals surface area contributed by atoms with Gasteiger partial charge in [0.25, 0.3) is 0 Å². The summed E-state index contributed by atoms with van der Waals surface area (Å²) in [6.07, 6.45) is 0.879. The molecule has 2 aromatic rings. The van der Waals surface area contributed by atoms with E-state index in [1.54, 1.807) is 4.57 Å². The molecule has 0 amide bonds. The van der Waals surface area contributed by atoms with E-state index in [9.17, 15) is 9.59 Å². The third kappa shape index (κ3) is 2.49. The van der Waals surface area contributed by atoms with Crippen molar-refractivity contribution in [3.05, 3.63) is 46.4 Å². The van der Waals surface area contributed by atoms with Crippen LogP contribution in [-0.2, 0) is 4.79 Å². The largest absolute Gasteiger partial charge is 0.481 e. The second-order valence-corrected chi connectivity index (χ2v) is 5.63. The molecule has 0 radical (unpaired) electrons. The summed E-state index contributed by atoms with van der Waals surface area (Å²) in [6.45, 7) is 0. The van der Waals surface area contributed by atoms with E-state index in [1.165, 1.54) is 5.56 Å². The van der Waals surface area contributed by atoms with Crippen molar-refractivity contribution >= 4 is 17.7 Å². The minimum Gasteiger partial charge on any atom is -0.481 e. The molecule has 1 aromatic heterocycles. The standard InChI is InChI=1S/C13H13N3O3S/c17-11(18)7-20-13-15-14-12(19)16(13)10-6-9(10)8-4-2-1-3-5-8/h1-5,9-10H,6-7H2,(H,14,19)(H,17,18). The highest BCUT2D eigenvalue weighted by molar-refractivity contribution is 7.99. The van der Waals surface area contributed by atoms with Crippen molar-refractivity contribution in [2.75, 3.05) is 5.75 Å². The van der Waals surface area contributed by atoms with Gasteiger partial charge in [-0.25, -0.2) is 9.89 Å². The first-order valence-corrected chi connectivity index (χ1v) is 7.22. The predicted molar refractivity (Wildman–Crippen MR) is 74.0 cm³/mol. The first kappa shape index (κ1) is 13.0. The van der Waals surface area contributed by atoms with Gasteiger partial charge >= 0.3 is 11.7 Å². The summed E-state index contributed by atoms with van der Waals surface area (Å²) in [5, 5.41) is 15.5. The van der Waals surface area contributed by atoms with Crippen molar-refractivity contribution in [1.29, 1.82) is 0 Å². The van der Waals surface area contributed by atoms with Gasteiger partial charge in [-0.1, -0.05) is 42.1 Å². The molecule has 6 nitrogen and oxygen atoms in total. The van der Waals surface area contributed by atoms with Crippen LogP contribution < -0.4 is 5.69 Å². The molecular formula is C13H13N3O3S. The molecule has 2 unspecified atom stereocenters. The van der Waals surface area contributed by atoms with Crippen molar-refractivity contribution < 1.29 is 9.90 Å². The number of carboxylic acid groups (broad SMARTS) is 1. The lowest BCUT2D eigenvalue weighted by atomic mass is 10.1. The van der Waals surface area contributed by atoms with Crippen LogP contribution in [0.1, 0.15) is 23.9 Å². The fraction of sp³-hybridized carbons (Fsp3) is 0.308. The SMILES string of the molecule is O=C(O)CSc1n[nH]c(=O)n1C1CC1c1ccccc1. The molecule has 1 heterocycles. The quantitative estimate of drug-likeness (QED) is 0.815. The van der Waals surface area contributed by atoms with Crippen LogP contribution in [0.3, 0.4) is 0 Å². The highest BCUT2D eigenvalue weighted by Crippen LogP contribution is 2.51. The maximum absolute atomic E-state index is 11.8. The molecule has 1 aliphatic carbocycles. The summed E-state index contributed by atoms with van der Waals surface area (Å²) in [5.41, 5.74) is 0.918. The van der Waals surface area contributed by atoms with Gasteiger partial charge in [0.2, 0.25) is 0 Å². The topological polar surface area (TPSA) is 88.0 Å². The van der Waals surface area contributed by atoms with E-state index in [-0.39, 0.29) is 17.5 Å². The Kier molecular flexibility index (Phi) is 3.35. The number of carbonyl (C=O) groups is 1. The smallest absolute Gasteiger partial charge is 0.344 e. The molecule has 2 N–H and O–H groups in total. The molecule has 20 heavy (non-hydrogen) atoms. The molecule has 1 aliphatic rings. The summed E-state index contributed by atoms with van der Waals surface area (Å²) in [7, 11) is 0. The average molecular weight is 291 g/mol. The summed E-state index contributed by atoms with van der Waals surface area (Å²) in [4.78, 5) is 22.4. The Balaban J connectivity index is 1.80. The zero-order chi connectivity index (χ0) is 14.1. The third-order valence-corrected chi connectivity index (χ3v) is 4.25. The lowest BCUT2D eigenvalue weighted by Gasteiger charge is -2.04. The van der Waals surface area contributed by atoms with Crippen LogP contribution in [0.25, 0.3) is 0 Å². The number of benzene rings is 1. The highest BCUT2D eigenvalue weighted by Gasteiger charge is 2.42. The van der Waals surface area contributed by atoms with Gasteiger partial charge in [0, 0.05) is 12.0 Å². The van der Waals surface area contributed by atoms with Gasteiger partial charge in [0.1, 0.15) is 0 Å². The molecule has 0 aliphatic heterocycles. The number of aliphatic carboxylic acids is 1. The van der Waals surface area contributed by atoms with Gasteiger partial charge in [-0.15, -0.1) is 5.10 Å². The number of carboxylic acids is 1. The van der Waals surface area contributed by atoms with Crippen LogP contribution in [0.4, 0.5) is 0 Å². The lowest BCUT2D eigenvalue weighted by molar-refractivity contribution is -0.133. The molecule has 0 saturated heterocycles. The first-order chi connectivity index (χ1) is 9.66. The zero-order valence-electron chi connectivity index (χ0n) is 10.5. The molecule has 3 rings (SSSR count). The number of rotatable bonds is 5. The van der Waals surface area contributed by atoms with Crippen LogP contribution in [0.15, 0.2) is 40.3 Å². The van der Waals surface area contributed by atoms with Crippen LogP contribution >= 0.6 is 11.8 Å². The van der Waals surface area contributed by atoms with Crippen molar-refractivity contribution in [3.63, 3.8) is 0 Å². The van der Waals surface area contributed by atoms with Crippen LogP contribution in [0.5, 0.6) is 0 Å². The predicted octanol–water partition coefficient (Wildman–Crippen LogP) is 1.48. The minimum atomic E-state index is -0.924. The first-order valence-electron chi connectivity index (χ1n) is 6.23. The van der Waals surface area contributed by atoms with E-state index in [2.05, 4.69) is 10.2 Å². The Morgan fingerprint density at radius 1 is 1.45 bits per heavy atom. The summed E-state index contributed by atoms with van der Waals surface area (Å²) in [6, 6.07) is 10.1. The molecule has 7 heteroatoms. The summed E-state index contributed by atoms with van der Waals surface area (Å²) in [5.74, 6) is -0.726. The van der Waals surface area contributed by atoms with Crippen LogP contribution in [0.2, 0.25) is 0 Å². The number of aromatic amines is 1. The Morgan fingerprint density at radius 2 is 2.20 bits per heavy atom. The molecule has 104 valence electrons. The van der Waals surface area contributed by atoms with E-state index < -0.39 is 5.97 Å². The summed E-state index contributed by atoms with van der Waals surface area (Å²) >= 11 is 1.06. The van der Waals surface area contributed by atoms with Crippen LogP contribution in [0, 0.1) is 0 Å². The number of aromatic nitrogens is 3. The molecule has 1 fully saturated rings. The molecule has 1 aromatic carbocycles. The molecule has 2 atom stereocenters. The molecule has 0 spiro atoms. The van der Waals surface area contributed by atoms with Gasteiger partial charge in [0.15, 0.2) is 5.16 Å². The minimum absolute atomic E-state index is 0.0694. The van der Waals surface area contributed by atoms with Crippen molar-refractivity contribution in [3.8, 4) is 0 Å². The lowest BCUT2D eigenvalue weighted by Crippen LogP contribution is -2.17. The zero-order valence-corrected chi connectivity index (χ0v) is 11.3. The molecular weight excluding hydrogens is 278 g/mol. The fourth-order valence-corrected chi connectivity index (χ4v) is 3.06. The van der Waals surface area contributed by atoms with Gasteiger partial charge in [-0.2, -0.15) is 0 Å². The van der Waals surface area contributed by atoms with Crippen molar-refractivity contribution in [1.82, 2.24) is 14.8 Å². The Hall–Kier alpha value is -2.02. The van der Waals surface area contributed by atoms with Gasteiger partial charge in [-0.05, 0) is 12.0 Å². The second-order valence-electron chi connectivity index (χ2n) is 4.68. The maximum Gasteiger partial charge on any atom is 0.344 e. The highest BCUT2D eigenvalue weighted by atomic mass is 32.2. The summed E-state index contributed by atoms with van der Waals surface area (Å²) < 4.78 is 1.57. The molecule has 0 bridgehead atoms. The number of nitrogens with zero attached hydrogens (tertiary/aromatic N) is 2. The van der Waals surface area contributed by atoms with E-state index in [0.29, 0.717) is 11.1 Å². The Bertz CT molecular complexity index is 680. The number of hydrogen-bond donors (Lipinski definition) is 2. The van der Waals surface area contributed by atoms with Crippen molar-refractivity contribution in [2.24, 2.45) is 0 Å². The van der Waals surface area contributed by atoms with Gasteiger partial charge < -0.3 is 5.11 Å². The average Bonchev–Trinajstić information content (AvgIpc) is 3.14. The number of H-pyrrole nitrogens is 1. The van der Waals surface area contributed by atoms with E-state index >= 15 is 0 Å². The van der Waals surface area contributed by atoms with Crippen molar-refractivity contribution in [2.45, 2.75) is 23.5 Å². The number of thioether (sulfide) groups is 1. The van der Waals surface area contributed by atoms with Crippen LogP contribution in [-0.4, -0.2) is 31.6 Å². The normalized spacial score (nSPS) is 20.8. The van der Waals surface area contributed by atoms with E-state index in [0.717, 1.165) is 18.2 Å². The third-order valence-electron chi connectivity index (χ3n) is 3.31. The fourth-order valence-electron chi connectivity index (χ4n) is 2.34. The Labute approximate surface area is 118 Å². The second kappa shape index (κ2) is 5.16. The molecule has 1 saturated carbocycles. The van der Waals surface area contributed by atoms with E-state index in [4.69, 9.17) is 5.11 Å². The number of nitrogens with one attached hydrogen (secondary N) is 1. The maximum atomic E-state index is 11.8. The van der Waals surface area contributed by atoms with Gasteiger partial charge in [0.05, 0.1) is 5.75 Å². The Morgan fingerprint density at radius 3 is 2.90 bits per heavy atom. The van der Waals surface area contributed by atoms with Gasteiger partial charge in [-0.3, -0.25) is 9.36 Å². The monoisotopic (exact) mass is 291 g/mol.